The number of ether oxygens (including phenoxy) is 1. The zero-order chi connectivity index (χ0) is 9.68. The topological polar surface area (TPSA) is 36.3 Å². The molecule has 0 aromatic rings. The summed E-state index contributed by atoms with van der Waals surface area (Å²) in [6.07, 6.45) is 0.305. The molecule has 0 aliphatic carbocycles. The van der Waals surface area contributed by atoms with E-state index in [4.69, 9.17) is 10.00 Å². The van der Waals surface area contributed by atoms with Crippen LogP contribution in [0.1, 0.15) is 6.92 Å². The van der Waals surface area contributed by atoms with Crippen molar-refractivity contribution in [2.75, 3.05) is 32.5 Å². The maximum atomic E-state index is 8.59. The third kappa shape index (κ3) is 3.99. The third-order valence-electron chi connectivity index (χ3n) is 2.06. The molecule has 1 aliphatic rings. The second kappa shape index (κ2) is 5.48. The van der Waals surface area contributed by atoms with Crippen LogP contribution in [0.2, 0.25) is 0 Å². The Morgan fingerprint density at radius 1 is 1.77 bits per heavy atom. The second-order valence-corrected chi connectivity index (χ2v) is 4.73. The van der Waals surface area contributed by atoms with Gasteiger partial charge in [0.1, 0.15) is 0 Å². The second-order valence-electron chi connectivity index (χ2n) is 3.36. The van der Waals surface area contributed by atoms with E-state index in [0.717, 1.165) is 25.4 Å². The van der Waals surface area contributed by atoms with Gasteiger partial charge in [0.05, 0.1) is 24.0 Å². The first-order chi connectivity index (χ1) is 6.22. The summed E-state index contributed by atoms with van der Waals surface area (Å²) < 4.78 is 5.57. The van der Waals surface area contributed by atoms with E-state index in [1.165, 1.54) is 0 Å². The maximum absolute atomic E-state index is 8.59. The molecule has 4 heteroatoms. The van der Waals surface area contributed by atoms with Gasteiger partial charge in [-0.15, -0.1) is 11.8 Å². The molecule has 3 nitrogen and oxygen atoms in total. The van der Waals surface area contributed by atoms with Gasteiger partial charge in [-0.1, -0.05) is 0 Å². The van der Waals surface area contributed by atoms with Crippen molar-refractivity contribution in [1.29, 1.82) is 5.26 Å². The van der Waals surface area contributed by atoms with E-state index in [1.54, 1.807) is 11.8 Å². The van der Waals surface area contributed by atoms with E-state index in [1.807, 2.05) is 6.92 Å². The maximum Gasteiger partial charge on any atom is 0.0889 e. The van der Waals surface area contributed by atoms with Crippen molar-refractivity contribution in [3.63, 3.8) is 0 Å². The molecule has 0 N–H and O–H groups in total. The lowest BCUT2D eigenvalue weighted by atomic mass is 10.3. The van der Waals surface area contributed by atoms with Crippen molar-refractivity contribution in [2.45, 2.75) is 18.3 Å². The standard InChI is InChI=1S/C9H16N2OS/c1-8(5-10)13-7-9-6-11(2)3-4-12-9/h8-9H,3-4,6-7H2,1-2H3. The molecule has 1 rings (SSSR count). The molecule has 13 heavy (non-hydrogen) atoms. The normalized spacial score (nSPS) is 26.7. The highest BCUT2D eigenvalue weighted by Crippen LogP contribution is 2.14. The molecular weight excluding hydrogens is 184 g/mol. The molecule has 2 unspecified atom stereocenters. The molecule has 0 spiro atoms. The van der Waals surface area contributed by atoms with Crippen molar-refractivity contribution in [3.05, 3.63) is 0 Å². The highest BCUT2D eigenvalue weighted by Gasteiger charge is 2.18. The lowest BCUT2D eigenvalue weighted by Crippen LogP contribution is -2.41. The van der Waals surface area contributed by atoms with Gasteiger partial charge in [0, 0.05) is 18.8 Å². The molecule has 1 saturated heterocycles. The fraction of sp³-hybridized carbons (Fsp3) is 0.889. The summed E-state index contributed by atoms with van der Waals surface area (Å²) >= 11 is 1.67. The van der Waals surface area contributed by atoms with Crippen LogP contribution in [-0.2, 0) is 4.74 Å². The fourth-order valence-corrected chi connectivity index (χ4v) is 2.04. The zero-order valence-electron chi connectivity index (χ0n) is 8.19. The number of morpholine rings is 1. The molecule has 0 aromatic heterocycles. The van der Waals surface area contributed by atoms with Crippen LogP contribution in [-0.4, -0.2) is 48.8 Å². The quantitative estimate of drug-likeness (QED) is 0.680. The molecule has 0 aromatic carbocycles. The molecule has 2 atom stereocenters. The largest absolute Gasteiger partial charge is 0.375 e. The molecule has 1 aliphatic heterocycles. The summed E-state index contributed by atoms with van der Waals surface area (Å²) in [5.41, 5.74) is 0. The Morgan fingerprint density at radius 2 is 2.54 bits per heavy atom. The summed E-state index contributed by atoms with van der Waals surface area (Å²) in [6, 6.07) is 2.21. The summed E-state index contributed by atoms with van der Waals surface area (Å²) in [5, 5.41) is 8.67. The van der Waals surface area contributed by atoms with Gasteiger partial charge in [0.25, 0.3) is 0 Å². The summed E-state index contributed by atoms with van der Waals surface area (Å²) in [4.78, 5) is 2.27. The van der Waals surface area contributed by atoms with Gasteiger partial charge in [0.15, 0.2) is 0 Å². The van der Waals surface area contributed by atoms with Crippen LogP contribution >= 0.6 is 11.8 Å². The average Bonchev–Trinajstić information content (AvgIpc) is 2.14. The van der Waals surface area contributed by atoms with Gasteiger partial charge in [-0.2, -0.15) is 5.26 Å². The van der Waals surface area contributed by atoms with Gasteiger partial charge < -0.3 is 9.64 Å². The van der Waals surface area contributed by atoms with Crippen LogP contribution in [0.5, 0.6) is 0 Å². The van der Waals surface area contributed by atoms with Gasteiger partial charge in [0.2, 0.25) is 0 Å². The Kier molecular flexibility index (Phi) is 4.57. The molecule has 0 saturated carbocycles. The lowest BCUT2D eigenvalue weighted by Gasteiger charge is -2.29. The average molecular weight is 200 g/mol. The molecular formula is C9H16N2OS. The summed E-state index contributed by atoms with van der Waals surface area (Å²) in [6.45, 7) is 4.76. The van der Waals surface area contributed by atoms with Crippen LogP contribution in [0.3, 0.4) is 0 Å². The number of rotatable bonds is 3. The Balaban J connectivity index is 2.17. The predicted octanol–water partition coefficient (Wildman–Crippen LogP) is 0.962. The van der Waals surface area contributed by atoms with E-state index in [0.29, 0.717) is 6.10 Å². The predicted molar refractivity (Wildman–Crippen MR) is 54.8 cm³/mol. The number of hydrogen-bond acceptors (Lipinski definition) is 4. The molecule has 1 heterocycles. The van der Waals surface area contributed by atoms with Crippen LogP contribution in [0, 0.1) is 11.3 Å². The van der Waals surface area contributed by atoms with Crippen LogP contribution in [0.4, 0.5) is 0 Å². The van der Waals surface area contributed by atoms with Crippen molar-refractivity contribution < 1.29 is 4.74 Å². The van der Waals surface area contributed by atoms with Gasteiger partial charge in [-0.05, 0) is 14.0 Å². The van der Waals surface area contributed by atoms with E-state index in [-0.39, 0.29) is 5.25 Å². The van der Waals surface area contributed by atoms with E-state index in [9.17, 15) is 0 Å². The van der Waals surface area contributed by atoms with E-state index in [2.05, 4.69) is 18.0 Å². The molecule has 0 amide bonds. The Labute approximate surface area is 84.0 Å². The minimum absolute atomic E-state index is 0.0795. The lowest BCUT2D eigenvalue weighted by molar-refractivity contribution is -0.00600. The van der Waals surface area contributed by atoms with E-state index < -0.39 is 0 Å². The first-order valence-electron chi connectivity index (χ1n) is 4.53. The molecule has 1 fully saturated rings. The molecule has 0 bridgehead atoms. The zero-order valence-corrected chi connectivity index (χ0v) is 9.01. The highest BCUT2D eigenvalue weighted by molar-refractivity contribution is 8.00. The Hall–Kier alpha value is -0.240. The van der Waals surface area contributed by atoms with Crippen molar-refractivity contribution in [2.24, 2.45) is 0 Å². The van der Waals surface area contributed by atoms with Gasteiger partial charge >= 0.3 is 0 Å². The molecule has 0 radical (unpaired) electrons. The Bertz CT molecular complexity index is 193. The first-order valence-corrected chi connectivity index (χ1v) is 5.58. The fourth-order valence-electron chi connectivity index (χ4n) is 1.26. The van der Waals surface area contributed by atoms with Crippen molar-refractivity contribution in [1.82, 2.24) is 4.90 Å². The summed E-state index contributed by atoms with van der Waals surface area (Å²) in [7, 11) is 2.11. The number of nitrogens with zero attached hydrogens (tertiary/aromatic N) is 2. The van der Waals surface area contributed by atoms with Crippen molar-refractivity contribution >= 4 is 11.8 Å². The third-order valence-corrected chi connectivity index (χ3v) is 3.23. The van der Waals surface area contributed by atoms with Crippen LogP contribution in [0.15, 0.2) is 0 Å². The number of likely N-dealkylation sites (N-methyl/N-ethyl adjacent to an activating group) is 1. The van der Waals surface area contributed by atoms with Gasteiger partial charge in [-0.25, -0.2) is 0 Å². The monoisotopic (exact) mass is 200 g/mol. The van der Waals surface area contributed by atoms with E-state index >= 15 is 0 Å². The number of hydrogen-bond donors (Lipinski definition) is 0. The Morgan fingerprint density at radius 3 is 3.15 bits per heavy atom. The minimum atomic E-state index is 0.0795. The SMILES string of the molecule is CC(C#N)SCC1CN(C)CCO1. The number of nitriles is 1. The van der Waals surface area contributed by atoms with Gasteiger partial charge in [-0.3, -0.25) is 0 Å². The summed E-state index contributed by atoms with van der Waals surface area (Å²) in [5.74, 6) is 0.930. The molecule has 74 valence electrons. The van der Waals surface area contributed by atoms with Crippen LogP contribution in [0.25, 0.3) is 0 Å². The first kappa shape index (κ1) is 10.8. The van der Waals surface area contributed by atoms with Crippen LogP contribution < -0.4 is 0 Å². The minimum Gasteiger partial charge on any atom is -0.375 e. The smallest absolute Gasteiger partial charge is 0.0889 e. The van der Waals surface area contributed by atoms with Crippen molar-refractivity contribution in [3.8, 4) is 6.07 Å². The highest BCUT2D eigenvalue weighted by atomic mass is 32.2. The number of thioether (sulfide) groups is 1.